The van der Waals surface area contributed by atoms with Crippen LogP contribution in [0.3, 0.4) is 0 Å². The molecule has 0 radical (unpaired) electrons. The van der Waals surface area contributed by atoms with E-state index in [1.54, 1.807) is 19.2 Å². The van der Waals surface area contributed by atoms with Crippen LogP contribution in [0, 0.1) is 11.6 Å². The highest BCUT2D eigenvalue weighted by atomic mass is 19.2. The van der Waals surface area contributed by atoms with Gasteiger partial charge in [0.25, 0.3) is 5.56 Å². The van der Waals surface area contributed by atoms with Crippen LogP contribution in [0.2, 0.25) is 0 Å². The van der Waals surface area contributed by atoms with Gasteiger partial charge in [-0.1, -0.05) is 19.1 Å². The van der Waals surface area contributed by atoms with Gasteiger partial charge in [0.1, 0.15) is 5.75 Å². The van der Waals surface area contributed by atoms with Crippen molar-refractivity contribution in [2.45, 2.75) is 32.4 Å². The molecule has 1 N–H and O–H groups in total. The van der Waals surface area contributed by atoms with Gasteiger partial charge in [0.05, 0.1) is 25.8 Å². The number of hydrogen-bond acceptors (Lipinski definition) is 4. The third-order valence-electron chi connectivity index (χ3n) is 4.86. The summed E-state index contributed by atoms with van der Waals surface area (Å²) in [5.74, 6) is -1.42. The summed E-state index contributed by atoms with van der Waals surface area (Å²) in [4.78, 5) is 24.7. The fourth-order valence-electron chi connectivity index (χ4n) is 3.08. The van der Waals surface area contributed by atoms with Crippen LogP contribution in [0.25, 0.3) is 11.3 Å². The highest BCUT2D eigenvalue weighted by molar-refractivity contribution is 5.78. The Morgan fingerprint density at radius 1 is 1.10 bits per heavy atom. The molecule has 0 unspecified atom stereocenters. The summed E-state index contributed by atoms with van der Waals surface area (Å²) in [6.45, 7) is 2.05. The third-order valence-corrected chi connectivity index (χ3v) is 4.86. The zero-order valence-corrected chi connectivity index (χ0v) is 17.3. The molecule has 0 fully saturated rings. The van der Waals surface area contributed by atoms with Gasteiger partial charge in [0.15, 0.2) is 11.6 Å². The van der Waals surface area contributed by atoms with Crippen molar-refractivity contribution in [3.63, 3.8) is 0 Å². The summed E-state index contributed by atoms with van der Waals surface area (Å²) in [6.07, 6.45) is 0.773. The Kier molecular flexibility index (Phi) is 7.12. The van der Waals surface area contributed by atoms with Crippen molar-refractivity contribution in [2.24, 2.45) is 0 Å². The van der Waals surface area contributed by atoms with E-state index in [-0.39, 0.29) is 30.5 Å². The molecule has 8 heteroatoms. The Morgan fingerprint density at radius 2 is 1.84 bits per heavy atom. The number of methoxy groups -OCH3 is 1. The van der Waals surface area contributed by atoms with Gasteiger partial charge in [-0.2, -0.15) is 5.10 Å². The number of carbonyl (C=O) groups is 1. The first kappa shape index (κ1) is 22.1. The molecule has 0 aliphatic rings. The number of amides is 1. The minimum absolute atomic E-state index is 0.154. The molecule has 1 atom stereocenters. The maximum absolute atomic E-state index is 13.5. The zero-order chi connectivity index (χ0) is 22.4. The predicted molar refractivity (Wildman–Crippen MR) is 113 cm³/mol. The Morgan fingerprint density at radius 3 is 2.48 bits per heavy atom. The van der Waals surface area contributed by atoms with E-state index in [9.17, 15) is 18.4 Å². The van der Waals surface area contributed by atoms with Crippen molar-refractivity contribution < 1.29 is 18.3 Å². The minimum Gasteiger partial charge on any atom is -0.497 e. The number of rotatable bonds is 8. The van der Waals surface area contributed by atoms with Crippen molar-refractivity contribution in [1.82, 2.24) is 15.1 Å². The highest BCUT2D eigenvalue weighted by Gasteiger charge is 2.14. The molecule has 0 aliphatic carbocycles. The second-order valence-electron chi connectivity index (χ2n) is 7.07. The Bertz CT molecular complexity index is 1110. The van der Waals surface area contributed by atoms with Gasteiger partial charge >= 0.3 is 0 Å². The van der Waals surface area contributed by atoms with E-state index in [1.165, 1.54) is 22.9 Å². The van der Waals surface area contributed by atoms with E-state index in [2.05, 4.69) is 10.4 Å². The number of halogens is 2. The summed E-state index contributed by atoms with van der Waals surface area (Å²) in [5, 5.41) is 7.18. The fraction of sp³-hybridized carbons (Fsp3) is 0.261. The predicted octanol–water partition coefficient (Wildman–Crippen LogP) is 3.33. The van der Waals surface area contributed by atoms with Gasteiger partial charge in [-0.05, 0) is 48.4 Å². The van der Waals surface area contributed by atoms with Crippen molar-refractivity contribution in [2.75, 3.05) is 7.11 Å². The van der Waals surface area contributed by atoms with Crippen LogP contribution < -0.4 is 15.6 Å². The van der Waals surface area contributed by atoms with Crippen molar-refractivity contribution in [3.05, 3.63) is 82.1 Å². The maximum Gasteiger partial charge on any atom is 0.266 e. The molecule has 162 valence electrons. The number of nitrogens with zero attached hydrogens (tertiary/aromatic N) is 2. The van der Waals surface area contributed by atoms with E-state index in [0.717, 1.165) is 17.7 Å². The molecule has 0 spiro atoms. The lowest BCUT2D eigenvalue weighted by Crippen LogP contribution is -2.41. The van der Waals surface area contributed by atoms with Gasteiger partial charge in [0, 0.05) is 17.7 Å². The third kappa shape index (κ3) is 5.75. The molecular formula is C23H23F2N3O3. The lowest BCUT2D eigenvalue weighted by Gasteiger charge is -2.18. The van der Waals surface area contributed by atoms with E-state index >= 15 is 0 Å². The topological polar surface area (TPSA) is 73.2 Å². The van der Waals surface area contributed by atoms with Gasteiger partial charge in [-0.3, -0.25) is 9.59 Å². The van der Waals surface area contributed by atoms with Crippen LogP contribution in [0.5, 0.6) is 5.75 Å². The van der Waals surface area contributed by atoms with Crippen LogP contribution >= 0.6 is 0 Å². The van der Waals surface area contributed by atoms with Crippen LogP contribution in [0.1, 0.15) is 18.9 Å². The molecule has 3 rings (SSSR count). The van der Waals surface area contributed by atoms with Gasteiger partial charge in [-0.25, -0.2) is 13.5 Å². The van der Waals surface area contributed by atoms with Crippen molar-refractivity contribution in [3.8, 4) is 17.0 Å². The Labute approximate surface area is 178 Å². The zero-order valence-electron chi connectivity index (χ0n) is 17.3. The average molecular weight is 427 g/mol. The molecule has 2 aromatic carbocycles. The first-order valence-electron chi connectivity index (χ1n) is 9.85. The smallest absolute Gasteiger partial charge is 0.266 e. The van der Waals surface area contributed by atoms with Crippen LogP contribution in [0.4, 0.5) is 8.78 Å². The summed E-state index contributed by atoms with van der Waals surface area (Å²) in [6, 6.07) is 13.1. The van der Waals surface area contributed by atoms with E-state index < -0.39 is 11.6 Å². The van der Waals surface area contributed by atoms with Crippen molar-refractivity contribution in [1.29, 1.82) is 0 Å². The molecule has 31 heavy (non-hydrogen) atoms. The van der Waals surface area contributed by atoms with E-state index in [4.69, 9.17) is 4.74 Å². The molecule has 0 saturated heterocycles. The second kappa shape index (κ2) is 9.97. The number of aromatic nitrogens is 2. The standard InChI is InChI=1S/C23H23F2N3O3/c1-3-17(26-22(29)12-15-4-7-18(31-2)8-5-15)14-28-23(30)11-10-21(27-28)16-6-9-19(24)20(25)13-16/h4-11,13,17H,3,12,14H2,1-2H3,(H,26,29)/t17-/m0/s1. The Balaban J connectivity index is 1.70. The molecule has 0 bridgehead atoms. The molecule has 1 heterocycles. The first-order chi connectivity index (χ1) is 14.9. The van der Waals surface area contributed by atoms with E-state index in [0.29, 0.717) is 23.4 Å². The molecule has 0 aliphatic heterocycles. The average Bonchev–Trinajstić information content (AvgIpc) is 2.77. The first-order valence-corrected chi connectivity index (χ1v) is 9.85. The lowest BCUT2D eigenvalue weighted by atomic mass is 10.1. The van der Waals surface area contributed by atoms with Crippen LogP contribution in [0.15, 0.2) is 59.4 Å². The summed E-state index contributed by atoms with van der Waals surface area (Å²) in [7, 11) is 1.57. The highest BCUT2D eigenvalue weighted by Crippen LogP contribution is 2.18. The lowest BCUT2D eigenvalue weighted by molar-refractivity contribution is -0.121. The SMILES string of the molecule is CC[C@@H](Cn1nc(-c2ccc(F)c(F)c2)ccc1=O)NC(=O)Cc1ccc(OC)cc1. The quantitative estimate of drug-likeness (QED) is 0.599. The molecule has 3 aromatic rings. The molecule has 0 saturated carbocycles. The summed E-state index contributed by atoms with van der Waals surface area (Å²) >= 11 is 0. The van der Waals surface area contributed by atoms with Crippen LogP contribution in [-0.2, 0) is 17.8 Å². The fourth-order valence-corrected chi connectivity index (χ4v) is 3.08. The maximum atomic E-state index is 13.5. The van der Waals surface area contributed by atoms with Gasteiger partial charge < -0.3 is 10.1 Å². The largest absolute Gasteiger partial charge is 0.497 e. The number of ether oxygens (including phenoxy) is 1. The number of nitrogens with one attached hydrogen (secondary N) is 1. The number of carbonyl (C=O) groups excluding carboxylic acids is 1. The van der Waals surface area contributed by atoms with Gasteiger partial charge in [-0.15, -0.1) is 0 Å². The second-order valence-corrected chi connectivity index (χ2v) is 7.07. The minimum atomic E-state index is -0.991. The Hall–Kier alpha value is -3.55. The number of hydrogen-bond donors (Lipinski definition) is 1. The normalized spacial score (nSPS) is 11.7. The molecule has 1 amide bonds. The molecule has 1 aromatic heterocycles. The monoisotopic (exact) mass is 427 g/mol. The number of benzene rings is 2. The molecule has 6 nitrogen and oxygen atoms in total. The molecular weight excluding hydrogens is 404 g/mol. The van der Waals surface area contributed by atoms with E-state index in [1.807, 2.05) is 19.1 Å². The van der Waals surface area contributed by atoms with Gasteiger partial charge in [0.2, 0.25) is 5.91 Å². The van der Waals surface area contributed by atoms with Crippen molar-refractivity contribution >= 4 is 5.91 Å². The summed E-state index contributed by atoms with van der Waals surface area (Å²) < 4.78 is 33.1. The van der Waals surface area contributed by atoms with Crippen LogP contribution in [-0.4, -0.2) is 28.8 Å². The summed E-state index contributed by atoms with van der Waals surface area (Å²) in [5.41, 5.74) is 1.17.